The van der Waals surface area contributed by atoms with Crippen LogP contribution in [-0.4, -0.2) is 15.5 Å². The van der Waals surface area contributed by atoms with Crippen molar-refractivity contribution in [1.29, 1.82) is 0 Å². The Bertz CT molecular complexity index is 618. The number of imidazole rings is 1. The van der Waals surface area contributed by atoms with E-state index in [-0.39, 0.29) is 11.8 Å². The third-order valence-electron chi connectivity index (χ3n) is 3.98. The minimum Gasteiger partial charge on any atom is -0.335 e. The fourth-order valence-electron chi connectivity index (χ4n) is 2.76. The van der Waals surface area contributed by atoms with Crippen molar-refractivity contribution in [2.75, 3.05) is 5.32 Å². The number of rotatable bonds is 3. The number of nitrogens with zero attached hydrogens (tertiary/aromatic N) is 2. The number of aromatic nitrogens is 2. The molecule has 4 heteroatoms. The Morgan fingerprint density at radius 1 is 1.45 bits per heavy atom. The van der Waals surface area contributed by atoms with Gasteiger partial charge < -0.3 is 9.88 Å². The van der Waals surface area contributed by atoms with Crippen LogP contribution in [0.3, 0.4) is 0 Å². The molecule has 0 bridgehead atoms. The SMILES string of the molecule is CCc1ccccc1NC(=O)C1CCn2ccnc2C1. The van der Waals surface area contributed by atoms with E-state index in [9.17, 15) is 4.79 Å². The van der Waals surface area contributed by atoms with Gasteiger partial charge in [0.25, 0.3) is 0 Å². The summed E-state index contributed by atoms with van der Waals surface area (Å²) in [6, 6.07) is 8.00. The van der Waals surface area contributed by atoms with Gasteiger partial charge in [-0.3, -0.25) is 4.79 Å². The van der Waals surface area contributed by atoms with Gasteiger partial charge in [0.2, 0.25) is 5.91 Å². The van der Waals surface area contributed by atoms with Gasteiger partial charge in [0.15, 0.2) is 0 Å². The second-order valence-corrected chi connectivity index (χ2v) is 5.23. The number of benzene rings is 1. The Morgan fingerprint density at radius 3 is 3.15 bits per heavy atom. The van der Waals surface area contributed by atoms with Crippen LogP contribution in [0.2, 0.25) is 0 Å². The first-order valence-electron chi connectivity index (χ1n) is 7.16. The number of amides is 1. The fraction of sp³-hybridized carbons (Fsp3) is 0.375. The predicted octanol–water partition coefficient (Wildman–Crippen LogP) is 2.65. The number of hydrogen-bond acceptors (Lipinski definition) is 2. The molecule has 3 rings (SSSR count). The molecular weight excluding hydrogens is 250 g/mol. The average Bonchev–Trinajstić information content (AvgIpc) is 2.95. The normalized spacial score (nSPS) is 17.6. The van der Waals surface area contributed by atoms with Gasteiger partial charge in [-0.15, -0.1) is 0 Å². The summed E-state index contributed by atoms with van der Waals surface area (Å²) < 4.78 is 2.13. The zero-order valence-electron chi connectivity index (χ0n) is 11.7. The Morgan fingerprint density at radius 2 is 2.30 bits per heavy atom. The summed E-state index contributed by atoms with van der Waals surface area (Å²) in [6.45, 7) is 2.98. The van der Waals surface area contributed by atoms with Crippen molar-refractivity contribution in [2.45, 2.75) is 32.7 Å². The molecule has 1 N–H and O–H groups in total. The van der Waals surface area contributed by atoms with Crippen molar-refractivity contribution in [3.05, 3.63) is 48.0 Å². The number of fused-ring (bicyclic) bond motifs is 1. The molecule has 20 heavy (non-hydrogen) atoms. The van der Waals surface area contributed by atoms with E-state index < -0.39 is 0 Å². The molecule has 1 aliphatic heterocycles. The monoisotopic (exact) mass is 269 g/mol. The molecule has 1 amide bonds. The third-order valence-corrected chi connectivity index (χ3v) is 3.98. The Kier molecular flexibility index (Phi) is 3.54. The van der Waals surface area contributed by atoms with Crippen LogP contribution in [0.25, 0.3) is 0 Å². The van der Waals surface area contributed by atoms with Crippen LogP contribution in [0, 0.1) is 5.92 Å². The lowest BCUT2D eigenvalue weighted by Gasteiger charge is -2.23. The average molecular weight is 269 g/mol. The van der Waals surface area contributed by atoms with Crippen molar-refractivity contribution < 1.29 is 4.79 Å². The zero-order chi connectivity index (χ0) is 13.9. The molecule has 1 aromatic heterocycles. The Hall–Kier alpha value is -2.10. The van der Waals surface area contributed by atoms with E-state index in [1.165, 1.54) is 5.56 Å². The number of hydrogen-bond donors (Lipinski definition) is 1. The Balaban J connectivity index is 1.71. The quantitative estimate of drug-likeness (QED) is 0.931. The first-order chi connectivity index (χ1) is 9.78. The van der Waals surface area contributed by atoms with E-state index in [4.69, 9.17) is 0 Å². The maximum Gasteiger partial charge on any atom is 0.228 e. The molecule has 0 radical (unpaired) electrons. The lowest BCUT2D eigenvalue weighted by atomic mass is 9.96. The summed E-state index contributed by atoms with van der Waals surface area (Å²) >= 11 is 0. The Labute approximate surface area is 118 Å². The van der Waals surface area contributed by atoms with Crippen molar-refractivity contribution in [2.24, 2.45) is 5.92 Å². The molecule has 1 unspecified atom stereocenters. The molecule has 1 aliphatic rings. The predicted molar refractivity (Wildman–Crippen MR) is 78.5 cm³/mol. The van der Waals surface area contributed by atoms with E-state index in [2.05, 4.69) is 27.9 Å². The number of aryl methyl sites for hydroxylation is 2. The molecule has 104 valence electrons. The minimum absolute atomic E-state index is 0.0230. The van der Waals surface area contributed by atoms with Gasteiger partial charge in [-0.25, -0.2) is 4.98 Å². The lowest BCUT2D eigenvalue weighted by molar-refractivity contribution is -0.120. The molecule has 1 atom stereocenters. The summed E-state index contributed by atoms with van der Waals surface area (Å²) in [4.78, 5) is 16.7. The maximum absolute atomic E-state index is 12.4. The highest BCUT2D eigenvalue weighted by atomic mass is 16.1. The van der Waals surface area contributed by atoms with Crippen LogP contribution in [-0.2, 0) is 24.2 Å². The van der Waals surface area contributed by atoms with Gasteiger partial charge in [-0.1, -0.05) is 25.1 Å². The maximum atomic E-state index is 12.4. The summed E-state index contributed by atoms with van der Waals surface area (Å²) in [5.41, 5.74) is 2.12. The van der Waals surface area contributed by atoms with Crippen molar-refractivity contribution >= 4 is 11.6 Å². The summed E-state index contributed by atoms with van der Waals surface area (Å²) in [5, 5.41) is 3.08. The third kappa shape index (κ3) is 2.46. The molecule has 0 fully saturated rings. The fourth-order valence-corrected chi connectivity index (χ4v) is 2.76. The molecule has 2 aromatic rings. The van der Waals surface area contributed by atoms with Crippen molar-refractivity contribution in [1.82, 2.24) is 9.55 Å². The van der Waals surface area contributed by atoms with Crippen molar-refractivity contribution in [3.8, 4) is 0 Å². The number of nitrogens with one attached hydrogen (secondary N) is 1. The molecule has 4 nitrogen and oxygen atoms in total. The van der Waals surface area contributed by atoms with Gasteiger partial charge in [-0.05, 0) is 24.5 Å². The van der Waals surface area contributed by atoms with Crippen LogP contribution in [0.15, 0.2) is 36.7 Å². The van der Waals surface area contributed by atoms with Gasteiger partial charge in [0, 0.05) is 37.0 Å². The van der Waals surface area contributed by atoms with Crippen LogP contribution >= 0.6 is 0 Å². The van der Waals surface area contributed by atoms with E-state index in [1.807, 2.05) is 30.6 Å². The van der Waals surface area contributed by atoms with Crippen LogP contribution in [0.1, 0.15) is 24.7 Å². The van der Waals surface area contributed by atoms with E-state index in [1.54, 1.807) is 0 Å². The molecule has 0 saturated heterocycles. The molecular formula is C16H19N3O. The lowest BCUT2D eigenvalue weighted by Crippen LogP contribution is -2.30. The number of carbonyl (C=O) groups is 1. The molecule has 0 spiro atoms. The number of para-hydroxylation sites is 1. The number of carbonyl (C=O) groups excluding carboxylic acids is 1. The molecule has 0 aliphatic carbocycles. The summed E-state index contributed by atoms with van der Waals surface area (Å²) in [7, 11) is 0. The van der Waals surface area contributed by atoms with Crippen LogP contribution in [0.4, 0.5) is 5.69 Å². The van der Waals surface area contributed by atoms with E-state index in [0.717, 1.165) is 37.3 Å². The number of anilines is 1. The van der Waals surface area contributed by atoms with Gasteiger partial charge in [0.05, 0.1) is 0 Å². The minimum atomic E-state index is 0.0230. The highest BCUT2D eigenvalue weighted by Crippen LogP contribution is 2.22. The van der Waals surface area contributed by atoms with Crippen molar-refractivity contribution in [3.63, 3.8) is 0 Å². The first-order valence-corrected chi connectivity index (χ1v) is 7.16. The second kappa shape index (κ2) is 5.49. The standard InChI is InChI=1S/C16H19N3O/c1-2-12-5-3-4-6-14(12)18-16(20)13-7-9-19-10-8-17-15(19)11-13/h3-6,8,10,13H,2,7,9,11H2,1H3,(H,18,20). The van der Waals surface area contributed by atoms with Gasteiger partial charge in [0.1, 0.15) is 5.82 Å². The first kappa shape index (κ1) is 12.9. The van der Waals surface area contributed by atoms with Gasteiger partial charge >= 0.3 is 0 Å². The van der Waals surface area contributed by atoms with E-state index in [0.29, 0.717) is 0 Å². The van der Waals surface area contributed by atoms with Gasteiger partial charge in [-0.2, -0.15) is 0 Å². The highest BCUT2D eigenvalue weighted by molar-refractivity contribution is 5.93. The van der Waals surface area contributed by atoms with E-state index >= 15 is 0 Å². The molecule has 2 heterocycles. The summed E-state index contributed by atoms with van der Waals surface area (Å²) in [5.74, 6) is 1.15. The topological polar surface area (TPSA) is 46.9 Å². The largest absolute Gasteiger partial charge is 0.335 e. The zero-order valence-corrected chi connectivity index (χ0v) is 11.7. The molecule has 0 saturated carbocycles. The van der Waals surface area contributed by atoms with Crippen LogP contribution in [0.5, 0.6) is 0 Å². The van der Waals surface area contributed by atoms with Crippen LogP contribution < -0.4 is 5.32 Å². The highest BCUT2D eigenvalue weighted by Gasteiger charge is 2.25. The summed E-state index contributed by atoms with van der Waals surface area (Å²) in [6.07, 6.45) is 6.32. The molecule has 1 aromatic carbocycles. The smallest absolute Gasteiger partial charge is 0.228 e. The second-order valence-electron chi connectivity index (χ2n) is 5.23.